The number of aliphatic hydroxyl groups is 1. The standard InChI is InChI=1S/C14H11NO4/c16-12(11-5-2-6-15-8-11)9-3-1-4-10(7-9)13(17)14(18)19/h1-8,13,17H,(H,18,19). The van der Waals surface area contributed by atoms with Crippen LogP contribution in [0.3, 0.4) is 0 Å². The van der Waals surface area contributed by atoms with Gasteiger partial charge in [-0.1, -0.05) is 18.2 Å². The quantitative estimate of drug-likeness (QED) is 0.809. The maximum atomic E-state index is 12.1. The number of aliphatic carboxylic acids is 1. The fourth-order valence-corrected chi connectivity index (χ4v) is 1.66. The summed E-state index contributed by atoms with van der Waals surface area (Å²) in [5.74, 6) is -1.63. The van der Waals surface area contributed by atoms with E-state index in [1.165, 1.54) is 24.4 Å². The number of benzene rings is 1. The normalized spacial score (nSPS) is 11.8. The number of hydrogen-bond acceptors (Lipinski definition) is 4. The first kappa shape index (κ1) is 12.9. The van der Waals surface area contributed by atoms with Crippen LogP contribution in [0.2, 0.25) is 0 Å². The number of aromatic nitrogens is 1. The highest BCUT2D eigenvalue weighted by Gasteiger charge is 2.17. The maximum absolute atomic E-state index is 12.1. The Hall–Kier alpha value is -2.53. The minimum Gasteiger partial charge on any atom is -0.479 e. The van der Waals surface area contributed by atoms with E-state index in [2.05, 4.69) is 4.98 Å². The lowest BCUT2D eigenvalue weighted by Crippen LogP contribution is -2.11. The van der Waals surface area contributed by atoms with Crippen LogP contribution in [-0.2, 0) is 4.79 Å². The molecular formula is C14H11NO4. The molecule has 5 nitrogen and oxygen atoms in total. The van der Waals surface area contributed by atoms with Gasteiger partial charge in [-0.15, -0.1) is 0 Å². The lowest BCUT2D eigenvalue weighted by Gasteiger charge is -2.07. The van der Waals surface area contributed by atoms with Crippen LogP contribution < -0.4 is 0 Å². The second-order valence-corrected chi connectivity index (χ2v) is 3.94. The van der Waals surface area contributed by atoms with Gasteiger partial charge in [-0.2, -0.15) is 0 Å². The lowest BCUT2D eigenvalue weighted by molar-refractivity contribution is -0.146. The Morgan fingerprint density at radius 3 is 2.47 bits per heavy atom. The topological polar surface area (TPSA) is 87.5 Å². The number of carboxylic acids is 1. The van der Waals surface area contributed by atoms with Crippen molar-refractivity contribution >= 4 is 11.8 Å². The number of rotatable bonds is 4. The zero-order chi connectivity index (χ0) is 13.8. The summed E-state index contributed by atoms with van der Waals surface area (Å²) in [5.41, 5.74) is 0.887. The predicted octanol–water partition coefficient (Wildman–Crippen LogP) is 1.43. The first-order valence-electron chi connectivity index (χ1n) is 5.55. The van der Waals surface area contributed by atoms with Gasteiger partial charge in [0.2, 0.25) is 0 Å². The van der Waals surface area contributed by atoms with Crippen molar-refractivity contribution in [3.05, 3.63) is 65.5 Å². The van der Waals surface area contributed by atoms with Gasteiger partial charge in [0.15, 0.2) is 11.9 Å². The summed E-state index contributed by atoms with van der Waals surface area (Å²) in [6, 6.07) is 9.18. The van der Waals surface area contributed by atoms with Crippen LogP contribution in [0.15, 0.2) is 48.8 Å². The molecular weight excluding hydrogens is 246 g/mol. The molecule has 0 aliphatic carbocycles. The number of pyridine rings is 1. The molecule has 19 heavy (non-hydrogen) atoms. The molecule has 2 N–H and O–H groups in total. The summed E-state index contributed by atoms with van der Waals surface area (Å²) in [6.07, 6.45) is 1.35. The minimum absolute atomic E-state index is 0.169. The lowest BCUT2D eigenvalue weighted by atomic mass is 10.0. The van der Waals surface area contributed by atoms with E-state index < -0.39 is 12.1 Å². The van der Waals surface area contributed by atoms with Crippen LogP contribution in [0.4, 0.5) is 0 Å². The van der Waals surface area contributed by atoms with Gasteiger partial charge in [0.05, 0.1) is 0 Å². The molecule has 2 rings (SSSR count). The molecule has 0 saturated carbocycles. The molecule has 96 valence electrons. The number of ketones is 1. The molecule has 1 aromatic heterocycles. The third-order valence-corrected chi connectivity index (χ3v) is 2.62. The average Bonchev–Trinajstić information content (AvgIpc) is 2.46. The molecule has 2 aromatic rings. The molecule has 1 heterocycles. The highest BCUT2D eigenvalue weighted by molar-refractivity contribution is 6.08. The van der Waals surface area contributed by atoms with Crippen LogP contribution in [0.25, 0.3) is 0 Å². The van der Waals surface area contributed by atoms with Crippen molar-refractivity contribution in [2.45, 2.75) is 6.10 Å². The maximum Gasteiger partial charge on any atom is 0.337 e. The van der Waals surface area contributed by atoms with E-state index in [1.54, 1.807) is 24.4 Å². The van der Waals surface area contributed by atoms with Crippen molar-refractivity contribution < 1.29 is 19.8 Å². The van der Waals surface area contributed by atoms with Gasteiger partial charge in [-0.3, -0.25) is 9.78 Å². The van der Waals surface area contributed by atoms with Crippen LogP contribution in [-0.4, -0.2) is 26.9 Å². The van der Waals surface area contributed by atoms with Gasteiger partial charge in [-0.25, -0.2) is 4.79 Å². The molecule has 1 atom stereocenters. The van der Waals surface area contributed by atoms with E-state index in [9.17, 15) is 14.7 Å². The van der Waals surface area contributed by atoms with Crippen LogP contribution in [0, 0.1) is 0 Å². The number of nitrogens with zero attached hydrogens (tertiary/aromatic N) is 1. The molecule has 0 aliphatic rings. The Morgan fingerprint density at radius 1 is 1.11 bits per heavy atom. The van der Waals surface area contributed by atoms with Gasteiger partial charge >= 0.3 is 5.97 Å². The summed E-state index contributed by atoms with van der Waals surface area (Å²) in [4.78, 5) is 26.7. The van der Waals surface area contributed by atoms with Crippen LogP contribution in [0.1, 0.15) is 27.6 Å². The average molecular weight is 257 g/mol. The number of hydrogen-bond donors (Lipinski definition) is 2. The molecule has 0 aliphatic heterocycles. The molecule has 5 heteroatoms. The Bertz CT molecular complexity index is 610. The zero-order valence-electron chi connectivity index (χ0n) is 9.85. The molecule has 0 amide bonds. The fraction of sp³-hybridized carbons (Fsp3) is 0.0714. The Balaban J connectivity index is 2.34. The molecule has 0 bridgehead atoms. The number of aliphatic hydroxyl groups excluding tert-OH is 1. The number of carbonyl (C=O) groups is 2. The smallest absolute Gasteiger partial charge is 0.337 e. The third kappa shape index (κ3) is 2.83. The Morgan fingerprint density at radius 2 is 1.84 bits per heavy atom. The number of carbonyl (C=O) groups excluding carboxylic acids is 1. The minimum atomic E-state index is -1.64. The van der Waals surface area contributed by atoms with Crippen molar-refractivity contribution in [1.29, 1.82) is 0 Å². The summed E-state index contributed by atoms with van der Waals surface area (Å²) in [5, 5.41) is 18.2. The second kappa shape index (κ2) is 5.41. The summed E-state index contributed by atoms with van der Waals surface area (Å²) >= 11 is 0. The van der Waals surface area contributed by atoms with E-state index in [0.29, 0.717) is 11.1 Å². The monoisotopic (exact) mass is 257 g/mol. The van der Waals surface area contributed by atoms with E-state index in [-0.39, 0.29) is 11.3 Å². The van der Waals surface area contributed by atoms with Gasteiger partial charge in [0.1, 0.15) is 0 Å². The number of carboxylic acid groups (broad SMARTS) is 1. The first-order chi connectivity index (χ1) is 9.09. The van der Waals surface area contributed by atoms with E-state index in [0.717, 1.165) is 0 Å². The van der Waals surface area contributed by atoms with Gasteiger partial charge in [0, 0.05) is 23.5 Å². The highest BCUT2D eigenvalue weighted by Crippen LogP contribution is 2.17. The molecule has 0 fully saturated rings. The summed E-state index contributed by atoms with van der Waals surface area (Å²) in [6.45, 7) is 0. The Labute approximate surface area is 109 Å². The SMILES string of the molecule is O=C(c1cccnc1)c1cccc(C(O)C(=O)O)c1. The Kier molecular flexibility index (Phi) is 3.68. The predicted molar refractivity (Wildman–Crippen MR) is 66.7 cm³/mol. The summed E-state index contributed by atoms with van der Waals surface area (Å²) in [7, 11) is 0. The summed E-state index contributed by atoms with van der Waals surface area (Å²) < 4.78 is 0. The second-order valence-electron chi connectivity index (χ2n) is 3.94. The molecule has 0 radical (unpaired) electrons. The van der Waals surface area contributed by atoms with Crippen LogP contribution in [0.5, 0.6) is 0 Å². The molecule has 1 aromatic carbocycles. The highest BCUT2D eigenvalue weighted by atomic mass is 16.4. The van der Waals surface area contributed by atoms with Crippen LogP contribution >= 0.6 is 0 Å². The molecule has 0 spiro atoms. The molecule has 0 saturated heterocycles. The zero-order valence-corrected chi connectivity index (χ0v) is 9.85. The largest absolute Gasteiger partial charge is 0.479 e. The van der Waals surface area contributed by atoms with Crippen molar-refractivity contribution in [2.75, 3.05) is 0 Å². The third-order valence-electron chi connectivity index (χ3n) is 2.62. The van der Waals surface area contributed by atoms with Crippen molar-refractivity contribution in [3.8, 4) is 0 Å². The molecule has 1 unspecified atom stereocenters. The van der Waals surface area contributed by atoms with Crippen molar-refractivity contribution in [1.82, 2.24) is 4.98 Å². The van der Waals surface area contributed by atoms with E-state index in [4.69, 9.17) is 5.11 Å². The van der Waals surface area contributed by atoms with Gasteiger partial charge in [-0.05, 0) is 23.8 Å². The van der Waals surface area contributed by atoms with Gasteiger partial charge < -0.3 is 10.2 Å². The van der Waals surface area contributed by atoms with Gasteiger partial charge in [0.25, 0.3) is 0 Å². The van der Waals surface area contributed by atoms with E-state index in [1.807, 2.05) is 0 Å². The fourth-order valence-electron chi connectivity index (χ4n) is 1.66. The van der Waals surface area contributed by atoms with Crippen molar-refractivity contribution in [2.24, 2.45) is 0 Å². The van der Waals surface area contributed by atoms with Crippen molar-refractivity contribution in [3.63, 3.8) is 0 Å². The van der Waals surface area contributed by atoms with E-state index >= 15 is 0 Å². The first-order valence-corrected chi connectivity index (χ1v) is 5.55.